The van der Waals surface area contributed by atoms with Crippen LogP contribution in [-0.2, 0) is 14.8 Å². The number of non-ortho nitro benzene ring substituents is 1. The number of nitrogens with one attached hydrogen (secondary N) is 1. The zero-order chi connectivity index (χ0) is 21.1. The highest BCUT2D eigenvalue weighted by Gasteiger charge is 2.31. The van der Waals surface area contributed by atoms with E-state index in [0.29, 0.717) is 5.75 Å². The summed E-state index contributed by atoms with van der Waals surface area (Å²) in [6.45, 7) is 3.22. The topological polar surface area (TPSA) is 119 Å². The van der Waals surface area contributed by atoms with Gasteiger partial charge in [-0.15, -0.1) is 0 Å². The number of hydrogen-bond acceptors (Lipinski definition) is 6. The van der Waals surface area contributed by atoms with Crippen LogP contribution < -0.4 is 14.4 Å². The number of nitro groups is 1. The van der Waals surface area contributed by atoms with Gasteiger partial charge in [0.15, 0.2) is 0 Å². The molecular weight excluding hydrogens is 386 g/mol. The molecule has 2 aromatic carbocycles. The molecule has 1 atom stereocenters. The lowest BCUT2D eigenvalue weighted by Crippen LogP contribution is -2.45. The van der Waals surface area contributed by atoms with Crippen molar-refractivity contribution in [1.82, 2.24) is 0 Å². The predicted molar refractivity (Wildman–Crippen MR) is 106 cm³/mol. The van der Waals surface area contributed by atoms with Crippen LogP contribution in [0.15, 0.2) is 42.5 Å². The molecule has 0 saturated heterocycles. The molecule has 0 aliphatic heterocycles. The second-order valence-electron chi connectivity index (χ2n) is 6.21. The second kappa shape index (κ2) is 8.26. The van der Waals surface area contributed by atoms with Crippen molar-refractivity contribution in [3.8, 4) is 5.75 Å². The molecule has 10 heteroatoms. The summed E-state index contributed by atoms with van der Waals surface area (Å²) >= 11 is 0. The summed E-state index contributed by atoms with van der Waals surface area (Å²) in [5, 5.41) is 13.4. The van der Waals surface area contributed by atoms with E-state index >= 15 is 0 Å². The third-order valence-corrected chi connectivity index (χ3v) is 5.21. The Kier molecular flexibility index (Phi) is 6.24. The lowest BCUT2D eigenvalue weighted by atomic mass is 10.2. The number of anilines is 2. The Balaban J connectivity index is 2.40. The van der Waals surface area contributed by atoms with E-state index in [-0.39, 0.29) is 17.1 Å². The number of ether oxygens (including phenoxy) is 1. The van der Waals surface area contributed by atoms with E-state index in [1.165, 1.54) is 38.3 Å². The Morgan fingerprint density at radius 2 is 1.93 bits per heavy atom. The van der Waals surface area contributed by atoms with Gasteiger partial charge in [-0.1, -0.05) is 12.1 Å². The van der Waals surface area contributed by atoms with Crippen LogP contribution in [0.5, 0.6) is 5.75 Å². The summed E-state index contributed by atoms with van der Waals surface area (Å²) in [7, 11) is -2.44. The summed E-state index contributed by atoms with van der Waals surface area (Å²) in [5.41, 5.74) is 1.02. The minimum absolute atomic E-state index is 0.189. The zero-order valence-electron chi connectivity index (χ0n) is 15.9. The van der Waals surface area contributed by atoms with Crippen molar-refractivity contribution < 1.29 is 22.9 Å². The van der Waals surface area contributed by atoms with E-state index in [4.69, 9.17) is 4.74 Å². The molecule has 2 aromatic rings. The van der Waals surface area contributed by atoms with E-state index in [1.54, 1.807) is 25.1 Å². The normalized spacial score (nSPS) is 12.1. The molecule has 28 heavy (non-hydrogen) atoms. The summed E-state index contributed by atoms with van der Waals surface area (Å²) in [6, 6.07) is 9.25. The molecule has 2 rings (SSSR count). The highest BCUT2D eigenvalue weighted by Crippen LogP contribution is 2.33. The number of amides is 1. The van der Waals surface area contributed by atoms with Crippen LogP contribution in [0.25, 0.3) is 0 Å². The number of carbonyl (C=O) groups excluding carboxylic acids is 1. The average molecular weight is 407 g/mol. The number of sulfonamides is 1. The number of rotatable bonds is 7. The highest BCUT2D eigenvalue weighted by atomic mass is 32.2. The zero-order valence-corrected chi connectivity index (χ0v) is 16.7. The third kappa shape index (κ3) is 4.77. The van der Waals surface area contributed by atoms with Crippen LogP contribution in [0.3, 0.4) is 0 Å². The Bertz CT molecular complexity index is 1010. The van der Waals surface area contributed by atoms with Gasteiger partial charge in [0.25, 0.3) is 5.69 Å². The molecule has 9 nitrogen and oxygen atoms in total. The molecule has 1 unspecified atom stereocenters. The lowest BCUT2D eigenvalue weighted by molar-refractivity contribution is -0.384. The van der Waals surface area contributed by atoms with Crippen molar-refractivity contribution in [2.75, 3.05) is 23.0 Å². The van der Waals surface area contributed by atoms with E-state index < -0.39 is 26.9 Å². The van der Waals surface area contributed by atoms with Crippen LogP contribution in [0.2, 0.25) is 0 Å². The SMILES string of the molecule is COc1ccc(C)cc1N(C(C)C(=O)Nc1cccc([N+](=O)[O-])c1)S(C)(=O)=O. The first-order valence-electron chi connectivity index (χ1n) is 8.24. The van der Waals surface area contributed by atoms with Crippen molar-refractivity contribution in [3.63, 3.8) is 0 Å². The quantitative estimate of drug-likeness (QED) is 0.557. The first-order valence-corrected chi connectivity index (χ1v) is 10.1. The number of methoxy groups -OCH3 is 1. The minimum Gasteiger partial charge on any atom is -0.495 e. The number of hydrogen-bond donors (Lipinski definition) is 1. The van der Waals surface area contributed by atoms with Gasteiger partial charge in [0, 0.05) is 17.8 Å². The summed E-state index contributed by atoms with van der Waals surface area (Å²) < 4.78 is 31.1. The third-order valence-electron chi connectivity index (χ3n) is 3.98. The van der Waals surface area contributed by atoms with Gasteiger partial charge in [0.1, 0.15) is 11.8 Å². The Morgan fingerprint density at radius 1 is 1.25 bits per heavy atom. The largest absolute Gasteiger partial charge is 0.495 e. The van der Waals surface area contributed by atoms with E-state index in [2.05, 4.69) is 5.32 Å². The second-order valence-corrected chi connectivity index (χ2v) is 8.07. The average Bonchev–Trinajstić information content (AvgIpc) is 2.61. The van der Waals surface area contributed by atoms with Crippen molar-refractivity contribution >= 4 is 33.0 Å². The molecule has 0 saturated carbocycles. The first kappa shape index (κ1) is 21.2. The Morgan fingerprint density at radius 3 is 2.50 bits per heavy atom. The van der Waals surface area contributed by atoms with Crippen molar-refractivity contribution in [3.05, 3.63) is 58.1 Å². The van der Waals surface area contributed by atoms with Crippen LogP contribution in [0.4, 0.5) is 17.1 Å². The van der Waals surface area contributed by atoms with E-state index in [1.807, 2.05) is 0 Å². The van der Waals surface area contributed by atoms with Crippen LogP contribution in [-0.4, -0.2) is 38.7 Å². The van der Waals surface area contributed by atoms with Crippen molar-refractivity contribution in [1.29, 1.82) is 0 Å². The molecule has 1 N–H and O–H groups in total. The fraction of sp³-hybridized carbons (Fsp3) is 0.278. The van der Waals surface area contributed by atoms with Crippen LogP contribution in [0, 0.1) is 17.0 Å². The smallest absolute Gasteiger partial charge is 0.271 e. The molecule has 0 spiro atoms. The maximum Gasteiger partial charge on any atom is 0.271 e. The minimum atomic E-state index is -3.84. The molecule has 0 radical (unpaired) electrons. The molecular formula is C18H21N3O6S. The fourth-order valence-electron chi connectivity index (χ4n) is 2.70. The number of carbonyl (C=O) groups is 1. The van der Waals surface area contributed by atoms with Crippen LogP contribution in [0.1, 0.15) is 12.5 Å². The van der Waals surface area contributed by atoms with Gasteiger partial charge in [0.05, 0.1) is 24.0 Å². The van der Waals surface area contributed by atoms with Crippen molar-refractivity contribution in [2.45, 2.75) is 19.9 Å². The maximum atomic E-state index is 12.7. The van der Waals surface area contributed by atoms with E-state index in [9.17, 15) is 23.3 Å². The van der Waals surface area contributed by atoms with Gasteiger partial charge < -0.3 is 10.1 Å². The van der Waals surface area contributed by atoms with Gasteiger partial charge in [-0.05, 0) is 37.6 Å². The molecule has 0 aliphatic rings. The van der Waals surface area contributed by atoms with Gasteiger partial charge in [-0.2, -0.15) is 0 Å². The van der Waals surface area contributed by atoms with Gasteiger partial charge in [0.2, 0.25) is 15.9 Å². The lowest BCUT2D eigenvalue weighted by Gasteiger charge is -2.29. The van der Waals surface area contributed by atoms with Gasteiger partial charge in [-0.3, -0.25) is 19.2 Å². The molecule has 0 aliphatic carbocycles. The number of nitrogens with zero attached hydrogens (tertiary/aromatic N) is 2. The summed E-state index contributed by atoms with van der Waals surface area (Å²) in [4.78, 5) is 23.0. The number of nitro benzene ring substituents is 1. The molecule has 0 bridgehead atoms. The van der Waals surface area contributed by atoms with Crippen molar-refractivity contribution in [2.24, 2.45) is 0 Å². The van der Waals surface area contributed by atoms with Gasteiger partial charge >= 0.3 is 0 Å². The van der Waals surface area contributed by atoms with Crippen LogP contribution >= 0.6 is 0 Å². The molecule has 0 heterocycles. The Labute approximate surface area is 163 Å². The first-order chi connectivity index (χ1) is 13.0. The molecule has 150 valence electrons. The maximum absolute atomic E-state index is 12.7. The molecule has 0 aromatic heterocycles. The molecule has 0 fully saturated rings. The number of aryl methyl sites for hydroxylation is 1. The molecule has 1 amide bonds. The summed E-state index contributed by atoms with van der Waals surface area (Å²) in [6.07, 6.45) is 0.992. The summed E-state index contributed by atoms with van der Waals surface area (Å²) in [5.74, 6) is -0.347. The fourth-order valence-corrected chi connectivity index (χ4v) is 3.87. The standard InChI is InChI=1S/C18H21N3O6S/c1-12-8-9-17(27-3)16(10-12)20(28(4,25)26)13(2)18(22)19-14-6-5-7-15(11-14)21(23)24/h5-11,13H,1-4H3,(H,19,22). The Hall–Kier alpha value is -3.14. The predicted octanol–water partition coefficient (Wildman–Crippen LogP) is 2.71. The highest BCUT2D eigenvalue weighted by molar-refractivity contribution is 7.92. The monoisotopic (exact) mass is 407 g/mol. The van der Waals surface area contributed by atoms with Gasteiger partial charge in [-0.25, -0.2) is 8.42 Å². The van der Waals surface area contributed by atoms with E-state index in [0.717, 1.165) is 16.1 Å². The number of benzene rings is 2.